The fourth-order valence-electron chi connectivity index (χ4n) is 2.43. The van der Waals surface area contributed by atoms with E-state index in [1.54, 1.807) is 11.3 Å². The summed E-state index contributed by atoms with van der Waals surface area (Å²) in [6.07, 6.45) is 2.49. The second-order valence-corrected chi connectivity index (χ2v) is 8.38. The predicted octanol–water partition coefficient (Wildman–Crippen LogP) is 4.73. The highest BCUT2D eigenvalue weighted by Crippen LogP contribution is 2.32. The number of halogens is 2. The zero-order valence-electron chi connectivity index (χ0n) is 12.2. The number of hydrogen-bond donors (Lipinski definition) is 1. The molecule has 0 aliphatic heterocycles. The summed E-state index contributed by atoms with van der Waals surface area (Å²) in [4.78, 5) is 3.71. The van der Waals surface area contributed by atoms with Crippen LogP contribution in [0.15, 0.2) is 14.3 Å². The molecule has 110 valence electrons. The van der Waals surface area contributed by atoms with Crippen molar-refractivity contribution in [2.45, 2.75) is 39.3 Å². The molecule has 2 nitrogen and oxygen atoms in total. The van der Waals surface area contributed by atoms with Crippen LogP contribution in [-0.2, 0) is 6.54 Å². The largest absolute Gasteiger partial charge is 0.310 e. The lowest BCUT2D eigenvalue weighted by Gasteiger charge is -2.31. The molecule has 0 aliphatic rings. The summed E-state index contributed by atoms with van der Waals surface area (Å²) in [6, 6.07) is 2.80. The lowest BCUT2D eigenvalue weighted by atomic mass is 9.93. The molecule has 0 bridgehead atoms. The van der Waals surface area contributed by atoms with Gasteiger partial charge in [0.15, 0.2) is 0 Å². The molecule has 0 saturated heterocycles. The van der Waals surface area contributed by atoms with Crippen molar-refractivity contribution >= 4 is 43.2 Å². The molecule has 1 aromatic heterocycles. The van der Waals surface area contributed by atoms with Gasteiger partial charge in [-0.05, 0) is 57.9 Å². The van der Waals surface area contributed by atoms with Gasteiger partial charge in [0.05, 0.1) is 3.79 Å². The lowest BCUT2D eigenvalue weighted by Crippen LogP contribution is -2.42. The van der Waals surface area contributed by atoms with E-state index in [4.69, 9.17) is 0 Å². The maximum atomic E-state index is 3.60. The highest BCUT2D eigenvalue weighted by atomic mass is 79.9. The Bertz CT molecular complexity index is 356. The van der Waals surface area contributed by atoms with Crippen molar-refractivity contribution in [3.63, 3.8) is 0 Å². The highest BCUT2D eigenvalue weighted by Gasteiger charge is 2.20. The van der Waals surface area contributed by atoms with E-state index in [1.165, 1.54) is 21.5 Å². The van der Waals surface area contributed by atoms with Crippen LogP contribution >= 0.6 is 43.2 Å². The van der Waals surface area contributed by atoms with Gasteiger partial charge in [-0.1, -0.05) is 26.7 Å². The van der Waals surface area contributed by atoms with E-state index < -0.39 is 0 Å². The topological polar surface area (TPSA) is 15.3 Å². The van der Waals surface area contributed by atoms with Crippen molar-refractivity contribution in [3.05, 3.63) is 19.2 Å². The van der Waals surface area contributed by atoms with Gasteiger partial charge < -0.3 is 10.2 Å². The number of nitrogens with one attached hydrogen (secondary N) is 1. The molecule has 1 N–H and O–H groups in total. The fraction of sp³-hybridized carbons (Fsp3) is 0.714. The maximum Gasteiger partial charge on any atom is 0.0843 e. The molecule has 5 heteroatoms. The third-order valence-corrected chi connectivity index (χ3v) is 6.86. The minimum atomic E-state index is 0.613. The molecule has 19 heavy (non-hydrogen) atoms. The first kappa shape index (κ1) is 17.6. The molecule has 0 radical (unpaired) electrons. The number of rotatable bonds is 8. The normalized spacial score (nSPS) is 13.5. The molecule has 0 spiro atoms. The molecule has 0 aliphatic carbocycles. The van der Waals surface area contributed by atoms with Gasteiger partial charge in [-0.25, -0.2) is 0 Å². The van der Waals surface area contributed by atoms with Gasteiger partial charge >= 0.3 is 0 Å². The van der Waals surface area contributed by atoms with Gasteiger partial charge in [0.2, 0.25) is 0 Å². The Morgan fingerprint density at radius 1 is 1.26 bits per heavy atom. The summed E-state index contributed by atoms with van der Waals surface area (Å²) in [6.45, 7) is 6.57. The molecule has 1 atom stereocenters. The van der Waals surface area contributed by atoms with Gasteiger partial charge in [-0.15, -0.1) is 11.3 Å². The Morgan fingerprint density at radius 3 is 2.32 bits per heavy atom. The zero-order chi connectivity index (χ0) is 14.4. The number of hydrogen-bond acceptors (Lipinski definition) is 3. The smallest absolute Gasteiger partial charge is 0.0843 e. The van der Waals surface area contributed by atoms with Gasteiger partial charge in [0.25, 0.3) is 0 Å². The van der Waals surface area contributed by atoms with Crippen LogP contribution in [0.3, 0.4) is 0 Å². The number of likely N-dealkylation sites (N-methyl/N-ethyl adjacent to an activating group) is 1. The van der Waals surface area contributed by atoms with Crippen molar-refractivity contribution in [1.29, 1.82) is 0 Å². The van der Waals surface area contributed by atoms with Crippen LogP contribution < -0.4 is 5.32 Å². The van der Waals surface area contributed by atoms with E-state index in [1.807, 2.05) is 0 Å². The van der Waals surface area contributed by atoms with E-state index in [9.17, 15) is 0 Å². The molecule has 0 fully saturated rings. The van der Waals surface area contributed by atoms with Crippen molar-refractivity contribution in [2.24, 2.45) is 5.92 Å². The maximum absolute atomic E-state index is 3.60. The van der Waals surface area contributed by atoms with Crippen LogP contribution in [0.2, 0.25) is 0 Å². The molecular formula is C14H24Br2N2S. The summed E-state index contributed by atoms with van der Waals surface area (Å²) in [5.74, 6) is 0.768. The van der Waals surface area contributed by atoms with Crippen LogP contribution in [0.5, 0.6) is 0 Å². The Hall–Kier alpha value is 0.580. The Kier molecular flexibility index (Phi) is 8.14. The lowest BCUT2D eigenvalue weighted by molar-refractivity contribution is 0.194. The second-order valence-electron chi connectivity index (χ2n) is 5.07. The third-order valence-electron chi connectivity index (χ3n) is 3.61. The average Bonchev–Trinajstić information content (AvgIpc) is 2.67. The summed E-state index contributed by atoms with van der Waals surface area (Å²) >= 11 is 8.86. The second kappa shape index (κ2) is 8.78. The van der Waals surface area contributed by atoms with Crippen LogP contribution in [0, 0.1) is 5.92 Å². The van der Waals surface area contributed by atoms with Crippen LogP contribution in [0.4, 0.5) is 0 Å². The summed E-state index contributed by atoms with van der Waals surface area (Å²) in [5, 5.41) is 3.60. The van der Waals surface area contributed by atoms with Crippen molar-refractivity contribution in [3.8, 4) is 0 Å². The third kappa shape index (κ3) is 5.46. The van der Waals surface area contributed by atoms with Crippen LogP contribution in [0.25, 0.3) is 0 Å². The predicted molar refractivity (Wildman–Crippen MR) is 93.0 cm³/mol. The Morgan fingerprint density at radius 2 is 1.89 bits per heavy atom. The summed E-state index contributed by atoms with van der Waals surface area (Å²) in [7, 11) is 4.37. The molecule has 0 aromatic carbocycles. The fourth-order valence-corrected chi connectivity index (χ4v) is 4.57. The molecule has 0 saturated carbocycles. The molecule has 1 aromatic rings. The number of thiophene rings is 1. The minimum absolute atomic E-state index is 0.613. The summed E-state index contributed by atoms with van der Waals surface area (Å²) in [5.41, 5.74) is 0. The van der Waals surface area contributed by atoms with Gasteiger partial charge in [0, 0.05) is 28.5 Å². The first-order chi connectivity index (χ1) is 8.99. The van der Waals surface area contributed by atoms with E-state index in [2.05, 4.69) is 76.1 Å². The van der Waals surface area contributed by atoms with Gasteiger partial charge in [-0.3, -0.25) is 0 Å². The quantitative estimate of drug-likeness (QED) is 0.665. The van der Waals surface area contributed by atoms with E-state index >= 15 is 0 Å². The molecule has 1 unspecified atom stereocenters. The van der Waals surface area contributed by atoms with Crippen LogP contribution in [-0.4, -0.2) is 31.6 Å². The molecular weight excluding hydrogens is 388 g/mol. The monoisotopic (exact) mass is 410 g/mol. The van der Waals surface area contributed by atoms with Crippen LogP contribution in [0.1, 0.15) is 31.6 Å². The highest BCUT2D eigenvalue weighted by molar-refractivity contribution is 9.13. The SMILES string of the molecule is CCC(CC)C(CNCc1cc(Br)c(Br)s1)N(C)C. The molecule has 1 rings (SSSR count). The standard InChI is InChI=1S/C14H24Br2N2S/c1-5-10(6-2)13(18(3)4)9-17-8-11-7-12(15)14(16)19-11/h7,10,13,17H,5-6,8-9H2,1-4H3. The Labute approximate surface area is 138 Å². The van der Waals surface area contributed by atoms with Gasteiger partial charge in [-0.2, -0.15) is 0 Å². The summed E-state index contributed by atoms with van der Waals surface area (Å²) < 4.78 is 2.33. The van der Waals surface area contributed by atoms with E-state index in [0.29, 0.717) is 6.04 Å². The van der Waals surface area contributed by atoms with E-state index in [-0.39, 0.29) is 0 Å². The zero-order valence-corrected chi connectivity index (χ0v) is 16.2. The van der Waals surface area contributed by atoms with Gasteiger partial charge in [0.1, 0.15) is 0 Å². The first-order valence-electron chi connectivity index (χ1n) is 6.80. The molecule has 1 heterocycles. The average molecular weight is 412 g/mol. The number of nitrogens with zero attached hydrogens (tertiary/aromatic N) is 1. The minimum Gasteiger partial charge on any atom is -0.310 e. The first-order valence-corrected chi connectivity index (χ1v) is 9.20. The molecule has 0 amide bonds. The van der Waals surface area contributed by atoms with Crippen molar-refractivity contribution in [1.82, 2.24) is 10.2 Å². The van der Waals surface area contributed by atoms with Crippen molar-refractivity contribution in [2.75, 3.05) is 20.6 Å². The van der Waals surface area contributed by atoms with Crippen molar-refractivity contribution < 1.29 is 0 Å². The van der Waals surface area contributed by atoms with E-state index in [0.717, 1.165) is 23.5 Å². The Balaban J connectivity index is 2.48.